The summed E-state index contributed by atoms with van der Waals surface area (Å²) in [5, 5.41) is 0. The largest absolute Gasteiger partial charge is 0.463 e. The zero-order valence-electron chi connectivity index (χ0n) is 8.62. The highest BCUT2D eigenvalue weighted by molar-refractivity contribution is 5.92. The molecule has 0 aromatic rings. The lowest BCUT2D eigenvalue weighted by molar-refractivity contribution is -0.144. The van der Waals surface area contributed by atoms with Gasteiger partial charge in [-0.15, -0.1) is 0 Å². The minimum atomic E-state index is -0.384. The normalized spacial score (nSPS) is 21.9. The fraction of sp³-hybridized carbons (Fsp3) is 0.600. The third-order valence-electron chi connectivity index (χ3n) is 2.11. The third kappa shape index (κ3) is 2.13. The molecule has 78 valence electrons. The molecule has 0 spiro atoms. The Morgan fingerprint density at radius 2 is 2.29 bits per heavy atom. The number of hydrogen-bond acceptors (Lipinski definition) is 4. The van der Waals surface area contributed by atoms with Crippen molar-refractivity contribution in [1.29, 1.82) is 0 Å². The molecule has 14 heavy (non-hydrogen) atoms. The van der Waals surface area contributed by atoms with E-state index in [4.69, 9.17) is 9.47 Å². The van der Waals surface area contributed by atoms with Gasteiger partial charge in [-0.25, -0.2) is 4.79 Å². The lowest BCUT2D eigenvalue weighted by atomic mass is 9.95. The Bertz CT molecular complexity index is 290. The lowest BCUT2D eigenvalue weighted by Crippen LogP contribution is -2.24. The lowest BCUT2D eigenvalue weighted by Gasteiger charge is -2.21. The molecule has 0 saturated carbocycles. The summed E-state index contributed by atoms with van der Waals surface area (Å²) in [7, 11) is 0. The van der Waals surface area contributed by atoms with Crippen LogP contribution in [0, 0.1) is 5.92 Å². The third-order valence-corrected chi connectivity index (χ3v) is 2.11. The standard InChI is InChI=1S/C10H14O4/c1-4-13-10(12)9-6(2)5-8(11)14-7(9)3/h6H,4-5H2,1-3H3/t6-/m0/s1. The van der Waals surface area contributed by atoms with Crippen LogP contribution in [0.1, 0.15) is 27.2 Å². The summed E-state index contributed by atoms with van der Waals surface area (Å²) >= 11 is 0. The van der Waals surface area contributed by atoms with E-state index in [9.17, 15) is 9.59 Å². The Morgan fingerprint density at radius 1 is 1.64 bits per heavy atom. The van der Waals surface area contributed by atoms with Gasteiger partial charge in [-0.2, -0.15) is 0 Å². The first-order chi connectivity index (χ1) is 6.56. The molecular weight excluding hydrogens is 184 g/mol. The van der Waals surface area contributed by atoms with Gasteiger partial charge >= 0.3 is 11.9 Å². The molecule has 0 saturated heterocycles. The summed E-state index contributed by atoms with van der Waals surface area (Å²) in [5.74, 6) is -0.421. The van der Waals surface area contributed by atoms with Crippen molar-refractivity contribution >= 4 is 11.9 Å². The van der Waals surface area contributed by atoms with Gasteiger partial charge in [-0.05, 0) is 13.8 Å². The van der Waals surface area contributed by atoms with Crippen LogP contribution in [-0.2, 0) is 19.1 Å². The number of carbonyl (C=O) groups is 2. The van der Waals surface area contributed by atoms with Crippen LogP contribution in [0.3, 0.4) is 0 Å². The van der Waals surface area contributed by atoms with Gasteiger partial charge in [0.15, 0.2) is 0 Å². The first-order valence-corrected chi connectivity index (χ1v) is 4.64. The molecule has 1 rings (SSSR count). The van der Waals surface area contributed by atoms with Crippen molar-refractivity contribution in [3.8, 4) is 0 Å². The Balaban J connectivity index is 2.88. The second-order valence-electron chi connectivity index (χ2n) is 3.27. The van der Waals surface area contributed by atoms with E-state index in [0.717, 1.165) is 0 Å². The van der Waals surface area contributed by atoms with Crippen molar-refractivity contribution < 1.29 is 19.1 Å². The van der Waals surface area contributed by atoms with E-state index in [1.165, 1.54) is 0 Å². The van der Waals surface area contributed by atoms with Gasteiger partial charge in [0.05, 0.1) is 18.6 Å². The molecule has 0 unspecified atom stereocenters. The van der Waals surface area contributed by atoms with E-state index >= 15 is 0 Å². The van der Waals surface area contributed by atoms with E-state index in [2.05, 4.69) is 0 Å². The van der Waals surface area contributed by atoms with Crippen LogP contribution in [0.2, 0.25) is 0 Å². The van der Waals surface area contributed by atoms with Crippen LogP contribution in [0.5, 0.6) is 0 Å². The van der Waals surface area contributed by atoms with Gasteiger partial charge in [0.1, 0.15) is 5.76 Å². The Kier molecular flexibility index (Phi) is 3.28. The Labute approximate surface area is 82.9 Å². The van der Waals surface area contributed by atoms with Gasteiger partial charge in [0, 0.05) is 5.92 Å². The Morgan fingerprint density at radius 3 is 2.79 bits per heavy atom. The molecule has 1 aliphatic rings. The van der Waals surface area contributed by atoms with Gasteiger partial charge in [-0.1, -0.05) is 6.92 Å². The molecule has 0 aromatic carbocycles. The summed E-state index contributed by atoms with van der Waals surface area (Å²) in [6.45, 7) is 5.50. The molecule has 0 amide bonds. The smallest absolute Gasteiger partial charge is 0.337 e. The average molecular weight is 198 g/mol. The van der Waals surface area contributed by atoms with Crippen molar-refractivity contribution in [3.05, 3.63) is 11.3 Å². The molecule has 4 nitrogen and oxygen atoms in total. The minimum Gasteiger partial charge on any atom is -0.463 e. The first kappa shape index (κ1) is 10.8. The summed E-state index contributed by atoms with van der Waals surface area (Å²) in [4.78, 5) is 22.5. The van der Waals surface area contributed by atoms with Crippen molar-refractivity contribution in [2.75, 3.05) is 6.61 Å². The zero-order chi connectivity index (χ0) is 10.7. The zero-order valence-corrected chi connectivity index (χ0v) is 8.62. The minimum absolute atomic E-state index is 0.115. The van der Waals surface area contributed by atoms with Crippen molar-refractivity contribution in [2.24, 2.45) is 5.92 Å². The van der Waals surface area contributed by atoms with Gasteiger partial charge in [0.25, 0.3) is 0 Å². The van der Waals surface area contributed by atoms with E-state index in [0.29, 0.717) is 17.9 Å². The van der Waals surface area contributed by atoms with Crippen LogP contribution < -0.4 is 0 Å². The number of rotatable bonds is 2. The summed E-state index contributed by atoms with van der Waals surface area (Å²) in [5.41, 5.74) is 0.478. The number of esters is 2. The second-order valence-corrected chi connectivity index (χ2v) is 3.27. The van der Waals surface area contributed by atoms with Crippen molar-refractivity contribution in [3.63, 3.8) is 0 Å². The Hall–Kier alpha value is -1.32. The highest BCUT2D eigenvalue weighted by Gasteiger charge is 2.29. The number of ether oxygens (including phenoxy) is 2. The van der Waals surface area contributed by atoms with Gasteiger partial charge < -0.3 is 9.47 Å². The molecule has 0 bridgehead atoms. The maximum atomic E-state index is 11.5. The average Bonchev–Trinajstić information content (AvgIpc) is 2.01. The fourth-order valence-electron chi connectivity index (χ4n) is 1.52. The summed E-state index contributed by atoms with van der Waals surface area (Å²) < 4.78 is 9.75. The van der Waals surface area contributed by atoms with E-state index in [-0.39, 0.29) is 24.3 Å². The quantitative estimate of drug-likeness (QED) is 0.629. The summed E-state index contributed by atoms with van der Waals surface area (Å²) in [6, 6.07) is 0. The van der Waals surface area contributed by atoms with Crippen LogP contribution in [0.25, 0.3) is 0 Å². The molecule has 0 N–H and O–H groups in total. The first-order valence-electron chi connectivity index (χ1n) is 4.64. The SMILES string of the molecule is CCOC(=O)C1=C(C)OC(=O)C[C@@H]1C. The van der Waals surface area contributed by atoms with Crippen LogP contribution >= 0.6 is 0 Å². The molecule has 0 aromatic heterocycles. The molecule has 0 fully saturated rings. The predicted molar refractivity (Wildman–Crippen MR) is 49.2 cm³/mol. The predicted octanol–water partition coefficient (Wildman–Crippen LogP) is 1.41. The highest BCUT2D eigenvalue weighted by Crippen LogP contribution is 2.26. The van der Waals surface area contributed by atoms with Crippen molar-refractivity contribution in [2.45, 2.75) is 27.2 Å². The highest BCUT2D eigenvalue weighted by atomic mass is 16.5. The molecule has 1 aliphatic heterocycles. The second kappa shape index (κ2) is 4.26. The molecular formula is C10H14O4. The number of allylic oxidation sites excluding steroid dienone is 1. The molecule has 0 radical (unpaired) electrons. The molecule has 1 heterocycles. The van der Waals surface area contributed by atoms with Crippen molar-refractivity contribution in [1.82, 2.24) is 0 Å². The van der Waals surface area contributed by atoms with Crippen LogP contribution in [-0.4, -0.2) is 18.5 Å². The van der Waals surface area contributed by atoms with Crippen LogP contribution in [0.15, 0.2) is 11.3 Å². The maximum absolute atomic E-state index is 11.5. The topological polar surface area (TPSA) is 52.6 Å². The maximum Gasteiger partial charge on any atom is 0.337 e. The van der Waals surface area contributed by atoms with Crippen LogP contribution in [0.4, 0.5) is 0 Å². The molecule has 0 aliphatic carbocycles. The monoisotopic (exact) mass is 198 g/mol. The molecule has 1 atom stereocenters. The van der Waals surface area contributed by atoms with E-state index < -0.39 is 0 Å². The van der Waals surface area contributed by atoms with E-state index in [1.807, 2.05) is 6.92 Å². The molecule has 4 heteroatoms. The fourth-order valence-corrected chi connectivity index (χ4v) is 1.52. The number of hydrogen-bond donors (Lipinski definition) is 0. The number of cyclic esters (lactones) is 1. The summed E-state index contributed by atoms with van der Waals surface area (Å²) in [6.07, 6.45) is 0.242. The van der Waals surface area contributed by atoms with Gasteiger partial charge in [0.2, 0.25) is 0 Å². The van der Waals surface area contributed by atoms with E-state index in [1.54, 1.807) is 13.8 Å². The van der Waals surface area contributed by atoms with Gasteiger partial charge in [-0.3, -0.25) is 4.79 Å². The number of carbonyl (C=O) groups excluding carboxylic acids is 2.